The maximum absolute atomic E-state index is 12.6. The number of sulfonamides is 1. The molecule has 158 valence electrons. The number of nitrogens with zero attached hydrogens (tertiary/aromatic N) is 1. The zero-order valence-electron chi connectivity index (χ0n) is 16.3. The number of nitrogens with one attached hydrogen (secondary N) is 3. The van der Waals surface area contributed by atoms with Crippen molar-refractivity contribution in [3.8, 4) is 10.6 Å². The first-order valence-corrected chi connectivity index (χ1v) is 11.9. The molecular formula is C20H22N4O4S2. The summed E-state index contributed by atoms with van der Waals surface area (Å²) in [5.41, 5.74) is 1.03. The van der Waals surface area contributed by atoms with Gasteiger partial charge in [0, 0.05) is 29.7 Å². The minimum absolute atomic E-state index is 0.0323. The average Bonchev–Trinajstić information content (AvgIpc) is 3.48. The summed E-state index contributed by atoms with van der Waals surface area (Å²) >= 11 is 1.62. The SMILES string of the molecule is Cc1ccc(-c2cc(NC(=O)c3cccc(S(=O)(=O)NCC4CCCO4)c3)n[nH]2)s1. The first-order chi connectivity index (χ1) is 14.4. The second-order valence-electron chi connectivity index (χ2n) is 7.05. The Kier molecular flexibility index (Phi) is 6.00. The molecule has 3 heterocycles. The van der Waals surface area contributed by atoms with Crippen molar-refractivity contribution in [3.63, 3.8) is 0 Å². The van der Waals surface area contributed by atoms with Crippen molar-refractivity contribution in [2.45, 2.75) is 30.8 Å². The van der Waals surface area contributed by atoms with E-state index in [2.05, 4.69) is 20.2 Å². The maximum atomic E-state index is 12.6. The van der Waals surface area contributed by atoms with Gasteiger partial charge in [-0.15, -0.1) is 11.3 Å². The second kappa shape index (κ2) is 8.68. The number of hydrogen-bond acceptors (Lipinski definition) is 6. The van der Waals surface area contributed by atoms with Crippen LogP contribution in [0.1, 0.15) is 28.1 Å². The Hall–Kier alpha value is -2.53. The van der Waals surface area contributed by atoms with E-state index in [1.807, 2.05) is 19.1 Å². The number of benzene rings is 1. The molecule has 2 aromatic heterocycles. The number of aromatic nitrogens is 2. The van der Waals surface area contributed by atoms with Crippen LogP contribution < -0.4 is 10.0 Å². The topological polar surface area (TPSA) is 113 Å². The molecule has 4 rings (SSSR count). The number of hydrogen-bond donors (Lipinski definition) is 3. The van der Waals surface area contributed by atoms with Crippen LogP contribution in [-0.4, -0.2) is 43.8 Å². The van der Waals surface area contributed by atoms with Crippen LogP contribution in [0.4, 0.5) is 5.82 Å². The third-order valence-corrected chi connectivity index (χ3v) is 7.21. The maximum Gasteiger partial charge on any atom is 0.256 e. The first kappa shape index (κ1) is 20.7. The number of carbonyl (C=O) groups is 1. The van der Waals surface area contributed by atoms with E-state index in [-0.39, 0.29) is 23.1 Å². The lowest BCUT2D eigenvalue weighted by atomic mass is 10.2. The molecule has 1 aliphatic rings. The van der Waals surface area contributed by atoms with Gasteiger partial charge >= 0.3 is 0 Å². The normalized spacial score (nSPS) is 16.6. The molecule has 0 bridgehead atoms. The quantitative estimate of drug-likeness (QED) is 0.516. The molecule has 1 aromatic carbocycles. The summed E-state index contributed by atoms with van der Waals surface area (Å²) in [6, 6.07) is 11.6. The number of rotatable bonds is 7. The molecule has 0 spiro atoms. The van der Waals surface area contributed by atoms with E-state index in [4.69, 9.17) is 4.74 Å². The molecule has 10 heteroatoms. The molecule has 1 unspecified atom stereocenters. The molecule has 0 aliphatic carbocycles. The fourth-order valence-corrected chi connectivity index (χ4v) is 5.12. The second-order valence-corrected chi connectivity index (χ2v) is 10.1. The van der Waals surface area contributed by atoms with Crippen LogP contribution in [0.3, 0.4) is 0 Å². The zero-order valence-corrected chi connectivity index (χ0v) is 18.0. The van der Waals surface area contributed by atoms with Crippen LogP contribution in [0.15, 0.2) is 47.4 Å². The average molecular weight is 447 g/mol. The van der Waals surface area contributed by atoms with E-state index in [0.717, 1.165) is 23.4 Å². The van der Waals surface area contributed by atoms with Crippen LogP contribution in [-0.2, 0) is 14.8 Å². The van der Waals surface area contributed by atoms with Crippen LogP contribution in [0.25, 0.3) is 10.6 Å². The Balaban J connectivity index is 1.44. The Bertz CT molecular complexity index is 1150. The number of ether oxygens (including phenoxy) is 1. The van der Waals surface area contributed by atoms with Crippen molar-refractivity contribution in [2.75, 3.05) is 18.5 Å². The predicted molar refractivity (Wildman–Crippen MR) is 115 cm³/mol. The molecular weight excluding hydrogens is 424 g/mol. The number of H-pyrrole nitrogens is 1. The fraction of sp³-hybridized carbons (Fsp3) is 0.300. The smallest absolute Gasteiger partial charge is 0.256 e. The van der Waals surface area contributed by atoms with Crippen LogP contribution in [0.2, 0.25) is 0 Å². The summed E-state index contributed by atoms with van der Waals surface area (Å²) in [7, 11) is -3.74. The van der Waals surface area contributed by atoms with E-state index in [1.54, 1.807) is 29.5 Å². The molecule has 1 fully saturated rings. The third-order valence-electron chi connectivity index (χ3n) is 4.76. The summed E-state index contributed by atoms with van der Waals surface area (Å²) < 4.78 is 33.1. The van der Waals surface area contributed by atoms with Gasteiger partial charge in [-0.25, -0.2) is 13.1 Å². The number of carbonyl (C=O) groups excluding carboxylic acids is 1. The van der Waals surface area contributed by atoms with Crippen LogP contribution >= 0.6 is 11.3 Å². The Morgan fingerprint density at radius 2 is 2.17 bits per heavy atom. The summed E-state index contributed by atoms with van der Waals surface area (Å²) in [4.78, 5) is 14.8. The van der Waals surface area contributed by atoms with Crippen molar-refractivity contribution in [1.82, 2.24) is 14.9 Å². The lowest BCUT2D eigenvalue weighted by Gasteiger charge is -2.12. The lowest BCUT2D eigenvalue weighted by molar-refractivity contribution is 0.102. The van der Waals surface area contributed by atoms with Gasteiger partial charge in [0.15, 0.2) is 5.82 Å². The number of anilines is 1. The van der Waals surface area contributed by atoms with Crippen LogP contribution in [0, 0.1) is 6.92 Å². The van der Waals surface area contributed by atoms with Gasteiger partial charge < -0.3 is 10.1 Å². The molecule has 30 heavy (non-hydrogen) atoms. The number of aromatic amines is 1. The number of aryl methyl sites for hydroxylation is 1. The van der Waals surface area contributed by atoms with E-state index in [0.29, 0.717) is 12.4 Å². The summed E-state index contributed by atoms with van der Waals surface area (Å²) in [6.07, 6.45) is 1.66. The van der Waals surface area contributed by atoms with Crippen molar-refractivity contribution in [3.05, 3.63) is 52.9 Å². The summed E-state index contributed by atoms with van der Waals surface area (Å²) in [5.74, 6) is -0.0718. The molecule has 0 saturated carbocycles. The van der Waals surface area contributed by atoms with Gasteiger partial charge in [-0.3, -0.25) is 9.89 Å². The predicted octanol–water partition coefficient (Wildman–Crippen LogP) is 3.16. The highest BCUT2D eigenvalue weighted by atomic mass is 32.2. The monoisotopic (exact) mass is 446 g/mol. The zero-order chi connectivity index (χ0) is 21.1. The van der Waals surface area contributed by atoms with Gasteiger partial charge in [0.1, 0.15) is 0 Å². The minimum Gasteiger partial charge on any atom is -0.377 e. The van der Waals surface area contributed by atoms with Gasteiger partial charge in [-0.2, -0.15) is 5.10 Å². The van der Waals surface area contributed by atoms with E-state index in [1.165, 1.54) is 17.0 Å². The molecule has 1 saturated heterocycles. The molecule has 1 amide bonds. The summed E-state index contributed by atoms with van der Waals surface area (Å²) in [6.45, 7) is 2.89. The van der Waals surface area contributed by atoms with Crippen molar-refractivity contribution >= 4 is 33.1 Å². The Morgan fingerprint density at radius 3 is 2.90 bits per heavy atom. The van der Waals surface area contributed by atoms with Gasteiger partial charge in [-0.05, 0) is 50.1 Å². The molecule has 1 atom stereocenters. The molecule has 0 radical (unpaired) electrons. The van der Waals surface area contributed by atoms with E-state index < -0.39 is 15.9 Å². The van der Waals surface area contributed by atoms with Gasteiger partial charge in [-0.1, -0.05) is 6.07 Å². The third kappa shape index (κ3) is 4.78. The molecule has 1 aliphatic heterocycles. The minimum atomic E-state index is -3.74. The summed E-state index contributed by atoms with van der Waals surface area (Å²) in [5, 5.41) is 9.72. The highest BCUT2D eigenvalue weighted by molar-refractivity contribution is 7.89. The highest BCUT2D eigenvalue weighted by Gasteiger charge is 2.21. The molecule has 3 aromatic rings. The standard InChI is InChI=1S/C20H22N4O4S2/c1-13-7-8-18(29-13)17-11-19(24-23-17)22-20(25)14-4-2-6-16(10-14)30(26,27)21-12-15-5-3-9-28-15/h2,4,6-8,10-11,15,21H,3,5,9,12H2,1H3,(H2,22,23,24,25). The van der Waals surface area contributed by atoms with Crippen LogP contribution in [0.5, 0.6) is 0 Å². The highest BCUT2D eigenvalue weighted by Crippen LogP contribution is 2.27. The number of thiophene rings is 1. The molecule has 8 nitrogen and oxygen atoms in total. The fourth-order valence-electron chi connectivity index (χ4n) is 3.18. The number of amides is 1. The largest absolute Gasteiger partial charge is 0.377 e. The van der Waals surface area contributed by atoms with Gasteiger partial charge in [0.2, 0.25) is 10.0 Å². The lowest BCUT2D eigenvalue weighted by Crippen LogP contribution is -2.32. The van der Waals surface area contributed by atoms with Crippen molar-refractivity contribution in [2.24, 2.45) is 0 Å². The first-order valence-electron chi connectivity index (χ1n) is 9.55. The van der Waals surface area contributed by atoms with Crippen molar-refractivity contribution in [1.29, 1.82) is 0 Å². The van der Waals surface area contributed by atoms with E-state index in [9.17, 15) is 13.2 Å². The van der Waals surface area contributed by atoms with Gasteiger partial charge in [0.25, 0.3) is 5.91 Å². The molecule has 3 N–H and O–H groups in total. The Labute approximate surface area is 178 Å². The van der Waals surface area contributed by atoms with E-state index >= 15 is 0 Å². The Morgan fingerprint density at radius 1 is 1.30 bits per heavy atom. The van der Waals surface area contributed by atoms with Gasteiger partial charge in [0.05, 0.1) is 21.6 Å². The van der Waals surface area contributed by atoms with Crippen molar-refractivity contribution < 1.29 is 17.9 Å².